The van der Waals surface area contributed by atoms with Gasteiger partial charge in [-0.05, 0) is 60.7 Å². The van der Waals surface area contributed by atoms with Gasteiger partial charge in [0.1, 0.15) is 0 Å². The normalized spacial score (nSPS) is 12.0. The predicted molar refractivity (Wildman–Crippen MR) is 174 cm³/mol. The Morgan fingerprint density at radius 3 is 1.10 bits per heavy atom. The molecule has 0 fully saturated rings. The molecule has 0 saturated carbocycles. The minimum absolute atomic E-state index is 0.0799. The van der Waals surface area contributed by atoms with Crippen molar-refractivity contribution < 1.29 is 0 Å². The van der Waals surface area contributed by atoms with Crippen LogP contribution in [0.25, 0.3) is 75.2 Å². The molecule has 0 aliphatic rings. The van der Waals surface area contributed by atoms with Gasteiger partial charge in [0.2, 0.25) is 0 Å². The lowest BCUT2D eigenvalue weighted by Gasteiger charge is -2.11. The summed E-state index contributed by atoms with van der Waals surface area (Å²) in [6.07, 6.45) is 0. The van der Waals surface area contributed by atoms with E-state index in [2.05, 4.69) is 130 Å². The molecule has 0 radical (unpaired) electrons. The van der Waals surface area contributed by atoms with E-state index in [0.29, 0.717) is 0 Å². The molecule has 3 nitrogen and oxygen atoms in total. The molecule has 6 aromatic carbocycles. The van der Waals surface area contributed by atoms with Crippen molar-refractivity contribution in [3.63, 3.8) is 0 Å². The first-order valence-corrected chi connectivity index (χ1v) is 14.6. The quantitative estimate of drug-likeness (QED) is 0.200. The van der Waals surface area contributed by atoms with Gasteiger partial charge in [0.05, 0.1) is 22.1 Å². The van der Waals surface area contributed by atoms with E-state index in [1.165, 1.54) is 21.5 Å². The molecular formula is C37H22N2OS. The Hall–Kier alpha value is -5.19. The van der Waals surface area contributed by atoms with Crippen LogP contribution in [0.4, 0.5) is 0 Å². The molecule has 192 valence electrons. The number of fused-ring (bicyclic) bond motifs is 8. The monoisotopic (exact) mass is 542 g/mol. The Bertz CT molecular complexity index is 2280. The fraction of sp³-hybridized carbons (Fsp3) is 0. The molecule has 0 aliphatic carbocycles. The van der Waals surface area contributed by atoms with Crippen LogP contribution in [0.2, 0.25) is 0 Å². The highest BCUT2D eigenvalue weighted by Crippen LogP contribution is 2.36. The highest BCUT2D eigenvalue weighted by atomic mass is 32.1. The van der Waals surface area contributed by atoms with Gasteiger partial charge in [-0.15, -0.1) is 11.3 Å². The summed E-state index contributed by atoms with van der Waals surface area (Å²) in [5.41, 5.74) is 6.84. The molecule has 0 N–H and O–H groups in total. The highest BCUT2D eigenvalue weighted by molar-refractivity contribution is 7.24. The first-order valence-electron chi connectivity index (χ1n) is 13.7. The van der Waals surface area contributed by atoms with Crippen LogP contribution in [-0.4, -0.2) is 9.13 Å². The molecule has 41 heavy (non-hydrogen) atoms. The molecule has 0 aliphatic heterocycles. The summed E-state index contributed by atoms with van der Waals surface area (Å²) in [7, 11) is 0. The SMILES string of the molecule is O=c1c2ccc(-n3c4ccccc4c4ccccc43)cc2sc2cc(-n3c4ccccc4c4ccccc43)ccc12. The predicted octanol–water partition coefficient (Wildman–Crippen LogP) is 9.61. The third-order valence-corrected chi connectivity index (χ3v) is 9.43. The molecule has 0 amide bonds. The van der Waals surface area contributed by atoms with Crippen molar-refractivity contribution in [1.82, 2.24) is 9.13 Å². The Morgan fingerprint density at radius 2 is 0.732 bits per heavy atom. The summed E-state index contributed by atoms with van der Waals surface area (Å²) < 4.78 is 6.59. The van der Waals surface area contributed by atoms with Crippen LogP contribution in [-0.2, 0) is 0 Å². The summed E-state index contributed by atoms with van der Waals surface area (Å²) in [4.78, 5) is 13.7. The van der Waals surface area contributed by atoms with Crippen LogP contribution >= 0.6 is 11.3 Å². The van der Waals surface area contributed by atoms with E-state index >= 15 is 0 Å². The lowest BCUT2D eigenvalue weighted by atomic mass is 10.1. The second-order valence-electron chi connectivity index (χ2n) is 10.5. The van der Waals surface area contributed by atoms with Gasteiger partial charge in [0, 0.05) is 53.1 Å². The number of rotatable bonds is 2. The van der Waals surface area contributed by atoms with Crippen molar-refractivity contribution in [3.8, 4) is 11.4 Å². The number of hydrogen-bond donors (Lipinski definition) is 0. The summed E-state index contributed by atoms with van der Waals surface area (Å²) >= 11 is 1.68. The zero-order valence-electron chi connectivity index (χ0n) is 21.9. The fourth-order valence-electron chi connectivity index (χ4n) is 6.51. The lowest BCUT2D eigenvalue weighted by molar-refractivity contribution is 1.19. The summed E-state index contributed by atoms with van der Waals surface area (Å²) in [5, 5.41) is 6.43. The molecule has 3 heterocycles. The highest BCUT2D eigenvalue weighted by Gasteiger charge is 2.15. The Balaban J connectivity index is 1.30. The van der Waals surface area contributed by atoms with Gasteiger partial charge in [-0.25, -0.2) is 0 Å². The van der Waals surface area contributed by atoms with Gasteiger partial charge in [0.15, 0.2) is 5.43 Å². The molecule has 0 saturated heterocycles. The third-order valence-electron chi connectivity index (χ3n) is 8.32. The molecular weight excluding hydrogens is 520 g/mol. The van der Waals surface area contributed by atoms with E-state index < -0.39 is 0 Å². The van der Waals surface area contributed by atoms with Crippen molar-refractivity contribution in [2.24, 2.45) is 0 Å². The Morgan fingerprint density at radius 1 is 0.390 bits per heavy atom. The number of nitrogens with zero attached hydrogens (tertiary/aromatic N) is 2. The zero-order chi connectivity index (χ0) is 27.1. The smallest absolute Gasteiger partial charge is 0.195 e. The average Bonchev–Trinajstić information content (AvgIpc) is 3.54. The van der Waals surface area contributed by atoms with E-state index in [1.54, 1.807) is 11.3 Å². The minimum atomic E-state index is 0.0799. The Kier molecular flexibility index (Phi) is 4.63. The van der Waals surface area contributed by atoms with Gasteiger partial charge < -0.3 is 9.13 Å². The van der Waals surface area contributed by atoms with Gasteiger partial charge >= 0.3 is 0 Å². The van der Waals surface area contributed by atoms with Crippen molar-refractivity contribution >= 4 is 75.1 Å². The number of benzene rings is 6. The van der Waals surface area contributed by atoms with E-state index in [1.807, 2.05) is 12.1 Å². The lowest BCUT2D eigenvalue weighted by Crippen LogP contribution is -2.03. The fourth-order valence-corrected chi connectivity index (χ4v) is 7.65. The maximum atomic E-state index is 13.7. The maximum absolute atomic E-state index is 13.7. The number of aromatic nitrogens is 2. The van der Waals surface area contributed by atoms with Crippen LogP contribution < -0.4 is 5.43 Å². The molecule has 0 atom stereocenters. The van der Waals surface area contributed by atoms with Gasteiger partial charge in [-0.2, -0.15) is 0 Å². The standard InChI is InChI=1S/C37H22N2OS/c40-37-29-19-17-23(38-31-13-5-1-9-25(31)26-10-2-6-14-32(26)38)21-35(29)41-36-22-24(18-20-30(36)37)39-33-15-7-3-11-27(33)28-12-4-8-16-34(28)39/h1-22H. The second-order valence-corrected chi connectivity index (χ2v) is 11.6. The average molecular weight is 543 g/mol. The molecule has 9 rings (SSSR count). The van der Waals surface area contributed by atoms with E-state index in [-0.39, 0.29) is 5.43 Å². The van der Waals surface area contributed by atoms with Crippen molar-refractivity contribution in [2.45, 2.75) is 0 Å². The van der Waals surface area contributed by atoms with Crippen LogP contribution in [0.15, 0.2) is 138 Å². The van der Waals surface area contributed by atoms with Crippen molar-refractivity contribution in [2.75, 3.05) is 0 Å². The van der Waals surface area contributed by atoms with Crippen molar-refractivity contribution in [3.05, 3.63) is 144 Å². The van der Waals surface area contributed by atoms with Crippen LogP contribution in [0, 0.1) is 0 Å². The van der Waals surface area contributed by atoms with E-state index in [0.717, 1.165) is 53.6 Å². The van der Waals surface area contributed by atoms with Gasteiger partial charge in [-0.3, -0.25) is 4.79 Å². The van der Waals surface area contributed by atoms with Crippen molar-refractivity contribution in [1.29, 1.82) is 0 Å². The minimum Gasteiger partial charge on any atom is -0.309 e. The molecule has 0 spiro atoms. The molecule has 9 aromatic rings. The summed E-state index contributed by atoms with van der Waals surface area (Å²) in [6.45, 7) is 0. The first kappa shape index (κ1) is 22.6. The Labute approximate surface area is 238 Å². The molecule has 4 heteroatoms. The van der Waals surface area contributed by atoms with Crippen LogP contribution in [0.5, 0.6) is 0 Å². The second kappa shape index (κ2) is 8.40. The molecule has 0 unspecified atom stereocenters. The molecule has 0 bridgehead atoms. The molecule has 3 aromatic heterocycles. The first-order chi connectivity index (χ1) is 20.3. The third kappa shape index (κ3) is 3.17. The van der Waals surface area contributed by atoms with E-state index in [4.69, 9.17) is 0 Å². The topological polar surface area (TPSA) is 26.9 Å². The van der Waals surface area contributed by atoms with Gasteiger partial charge in [0.25, 0.3) is 0 Å². The van der Waals surface area contributed by atoms with Crippen LogP contribution in [0.3, 0.4) is 0 Å². The summed E-state index contributed by atoms with van der Waals surface area (Å²) in [5.74, 6) is 0. The van der Waals surface area contributed by atoms with E-state index in [9.17, 15) is 4.79 Å². The van der Waals surface area contributed by atoms with Gasteiger partial charge in [-0.1, -0.05) is 72.8 Å². The van der Waals surface area contributed by atoms with Crippen LogP contribution in [0.1, 0.15) is 0 Å². The maximum Gasteiger partial charge on any atom is 0.195 e. The zero-order valence-corrected chi connectivity index (χ0v) is 22.7. The largest absolute Gasteiger partial charge is 0.309 e. The number of hydrogen-bond acceptors (Lipinski definition) is 2. The summed E-state index contributed by atoms with van der Waals surface area (Å²) in [6, 6.07) is 46.6. The number of para-hydroxylation sites is 4.